The van der Waals surface area contributed by atoms with E-state index >= 15 is 0 Å². The second-order valence-corrected chi connectivity index (χ2v) is 7.45. The summed E-state index contributed by atoms with van der Waals surface area (Å²) < 4.78 is 22.8. The molecular weight excluding hydrogens is 395 g/mol. The lowest BCUT2D eigenvalue weighted by molar-refractivity contribution is -0.474. The van der Waals surface area contributed by atoms with Gasteiger partial charge in [0.15, 0.2) is 12.4 Å². The molecule has 29 heavy (non-hydrogen) atoms. The van der Waals surface area contributed by atoms with Gasteiger partial charge < -0.3 is 14.8 Å². The fourth-order valence-electron chi connectivity index (χ4n) is 3.95. The number of morpholine rings is 1. The second-order valence-electron chi connectivity index (χ2n) is 7.01. The average Bonchev–Trinajstić information content (AvgIpc) is 3.09. The number of rotatable bonds is 2. The predicted octanol–water partition coefficient (Wildman–Crippen LogP) is 3.36. The van der Waals surface area contributed by atoms with E-state index < -0.39 is 5.82 Å². The summed E-state index contributed by atoms with van der Waals surface area (Å²) in [7, 11) is 0. The minimum absolute atomic E-state index is 0.0443. The van der Waals surface area contributed by atoms with Crippen LogP contribution in [0.1, 0.15) is 16.8 Å². The van der Waals surface area contributed by atoms with Crippen LogP contribution in [0.3, 0.4) is 0 Å². The molecule has 2 aliphatic heterocycles. The zero-order valence-electron chi connectivity index (χ0n) is 15.5. The lowest BCUT2D eigenvalue weighted by Gasteiger charge is -2.27. The molecule has 0 atom stereocenters. The van der Waals surface area contributed by atoms with Gasteiger partial charge in [-0.3, -0.25) is 4.57 Å². The smallest absolute Gasteiger partial charge is 0.231 e. The molecule has 0 saturated carbocycles. The minimum atomic E-state index is -0.451. The average molecular weight is 413 g/mol. The van der Waals surface area contributed by atoms with Crippen molar-refractivity contribution in [2.45, 2.75) is 6.54 Å². The summed E-state index contributed by atoms with van der Waals surface area (Å²) in [5, 5.41) is 13.8. The Balaban J connectivity index is 1.74. The van der Waals surface area contributed by atoms with Crippen molar-refractivity contribution < 1.29 is 13.9 Å². The molecule has 1 saturated heterocycles. The molecule has 1 aromatic heterocycles. The summed E-state index contributed by atoms with van der Waals surface area (Å²) in [5.74, 6) is 0.303. The molecule has 2 aromatic carbocycles. The van der Waals surface area contributed by atoms with E-state index in [2.05, 4.69) is 9.88 Å². The van der Waals surface area contributed by atoms with Gasteiger partial charge in [-0.25, -0.2) is 9.37 Å². The van der Waals surface area contributed by atoms with Gasteiger partial charge in [-0.05, 0) is 30.3 Å². The van der Waals surface area contributed by atoms with Gasteiger partial charge in [0.2, 0.25) is 5.71 Å². The first kappa shape index (κ1) is 18.1. The summed E-state index contributed by atoms with van der Waals surface area (Å²) in [5.41, 5.74) is 2.59. The SMILES string of the molecule is [O-][N+]1=C(c2ccccc2F)c2cc(Cl)ccc2-n2cnc(N3CCOCC3)c2C1. The summed E-state index contributed by atoms with van der Waals surface area (Å²) in [4.78, 5) is 6.70. The monoisotopic (exact) mass is 412 g/mol. The molecule has 3 aromatic rings. The highest BCUT2D eigenvalue weighted by molar-refractivity contribution is 6.31. The lowest BCUT2D eigenvalue weighted by atomic mass is 10.00. The van der Waals surface area contributed by atoms with Crippen LogP contribution in [0.2, 0.25) is 5.02 Å². The minimum Gasteiger partial charge on any atom is -0.623 e. The predicted molar refractivity (Wildman–Crippen MR) is 109 cm³/mol. The molecular formula is C21H18ClFN4O2. The van der Waals surface area contributed by atoms with Crippen molar-refractivity contribution in [3.05, 3.63) is 81.7 Å². The van der Waals surface area contributed by atoms with Crippen molar-refractivity contribution in [1.82, 2.24) is 9.55 Å². The number of hydrogen-bond donors (Lipinski definition) is 0. The van der Waals surface area contributed by atoms with Crippen molar-refractivity contribution >= 4 is 23.1 Å². The van der Waals surface area contributed by atoms with E-state index in [9.17, 15) is 9.60 Å². The van der Waals surface area contributed by atoms with Crippen LogP contribution in [-0.2, 0) is 11.3 Å². The Bertz CT molecular complexity index is 1120. The van der Waals surface area contributed by atoms with E-state index in [1.54, 1.807) is 36.7 Å². The highest BCUT2D eigenvalue weighted by Gasteiger charge is 2.31. The second kappa shape index (κ2) is 7.17. The molecule has 0 aliphatic carbocycles. The van der Waals surface area contributed by atoms with E-state index in [0.29, 0.717) is 36.9 Å². The van der Waals surface area contributed by atoms with Crippen LogP contribution in [-0.4, -0.2) is 46.3 Å². The standard InChI is InChI=1S/C21H18ClFN4O2/c22-14-5-6-18-16(11-14)20(15-3-1-2-4-17(15)23)27(28)12-19-21(24-13-26(18)19)25-7-9-29-10-8-25/h1-6,11,13H,7-10,12H2. The molecule has 8 heteroatoms. The third-order valence-corrected chi connectivity index (χ3v) is 5.54. The molecule has 0 unspecified atom stereocenters. The Kier molecular flexibility index (Phi) is 4.49. The van der Waals surface area contributed by atoms with Gasteiger partial charge in [-0.2, -0.15) is 4.74 Å². The number of nitrogens with zero attached hydrogens (tertiary/aromatic N) is 4. The Labute approximate surface area is 172 Å². The molecule has 0 spiro atoms. The number of benzene rings is 2. The number of hydroxylamine groups is 1. The van der Waals surface area contributed by atoms with Crippen LogP contribution in [0, 0.1) is 11.0 Å². The van der Waals surface area contributed by atoms with Crippen LogP contribution in [0.5, 0.6) is 0 Å². The van der Waals surface area contributed by atoms with Crippen molar-refractivity contribution in [1.29, 1.82) is 0 Å². The molecule has 1 fully saturated rings. The third kappa shape index (κ3) is 3.07. The summed E-state index contributed by atoms with van der Waals surface area (Å²) in [6.45, 7) is 2.70. The summed E-state index contributed by atoms with van der Waals surface area (Å²) in [6.07, 6.45) is 1.71. The first-order chi connectivity index (χ1) is 14.1. The number of fused-ring (bicyclic) bond motifs is 3. The summed E-state index contributed by atoms with van der Waals surface area (Å²) >= 11 is 6.25. The molecule has 2 aliphatic rings. The van der Waals surface area contributed by atoms with Crippen molar-refractivity contribution in [2.75, 3.05) is 31.2 Å². The van der Waals surface area contributed by atoms with E-state index in [-0.39, 0.29) is 17.8 Å². The third-order valence-electron chi connectivity index (χ3n) is 5.30. The quantitative estimate of drug-likeness (QED) is 0.478. The number of hydrogen-bond acceptors (Lipinski definition) is 4. The molecule has 6 nitrogen and oxygen atoms in total. The van der Waals surface area contributed by atoms with Crippen molar-refractivity contribution in [2.24, 2.45) is 0 Å². The first-order valence-corrected chi connectivity index (χ1v) is 9.77. The van der Waals surface area contributed by atoms with E-state index in [1.165, 1.54) is 6.07 Å². The van der Waals surface area contributed by atoms with E-state index in [4.69, 9.17) is 16.3 Å². The van der Waals surface area contributed by atoms with E-state index in [1.807, 2.05) is 10.6 Å². The van der Waals surface area contributed by atoms with Crippen LogP contribution >= 0.6 is 11.6 Å². The first-order valence-electron chi connectivity index (χ1n) is 9.39. The highest BCUT2D eigenvalue weighted by Crippen LogP contribution is 2.32. The van der Waals surface area contributed by atoms with E-state index in [0.717, 1.165) is 21.9 Å². The van der Waals surface area contributed by atoms with Gasteiger partial charge in [0.05, 0.1) is 30.0 Å². The Morgan fingerprint density at radius 1 is 1.10 bits per heavy atom. The zero-order valence-corrected chi connectivity index (χ0v) is 16.3. The van der Waals surface area contributed by atoms with Crippen LogP contribution in [0.4, 0.5) is 10.2 Å². The van der Waals surface area contributed by atoms with Crippen molar-refractivity contribution in [3.8, 4) is 5.69 Å². The molecule has 0 N–H and O–H groups in total. The van der Waals surface area contributed by atoms with Gasteiger partial charge >= 0.3 is 0 Å². The van der Waals surface area contributed by atoms with Crippen LogP contribution in [0.25, 0.3) is 5.69 Å². The molecule has 5 rings (SSSR count). The highest BCUT2D eigenvalue weighted by atomic mass is 35.5. The van der Waals surface area contributed by atoms with Gasteiger partial charge in [0.25, 0.3) is 0 Å². The topological polar surface area (TPSA) is 56.4 Å². The zero-order chi connectivity index (χ0) is 20.0. The maximum Gasteiger partial charge on any atom is 0.231 e. The fourth-order valence-corrected chi connectivity index (χ4v) is 4.12. The molecule has 148 valence electrons. The van der Waals surface area contributed by atoms with Crippen molar-refractivity contribution in [3.63, 3.8) is 0 Å². The number of aromatic nitrogens is 2. The van der Waals surface area contributed by atoms with Gasteiger partial charge in [0, 0.05) is 18.1 Å². The molecule has 0 amide bonds. The number of anilines is 1. The maximum atomic E-state index is 14.6. The molecule has 0 radical (unpaired) electrons. The number of halogens is 2. The van der Waals surface area contributed by atoms with Gasteiger partial charge in [-0.1, -0.05) is 23.7 Å². The molecule has 0 bridgehead atoms. The van der Waals surface area contributed by atoms with Gasteiger partial charge in [-0.15, -0.1) is 0 Å². The van der Waals surface area contributed by atoms with Gasteiger partial charge in [0.1, 0.15) is 17.8 Å². The Hall–Kier alpha value is -2.90. The number of ether oxygens (including phenoxy) is 1. The lowest BCUT2D eigenvalue weighted by Crippen LogP contribution is -2.37. The molecule has 3 heterocycles. The number of imidazole rings is 1. The Morgan fingerprint density at radius 3 is 2.69 bits per heavy atom. The fraction of sp³-hybridized carbons (Fsp3) is 0.238. The maximum absolute atomic E-state index is 14.6. The normalized spacial score (nSPS) is 16.4. The largest absolute Gasteiger partial charge is 0.623 e. The van der Waals surface area contributed by atoms with Crippen LogP contribution in [0.15, 0.2) is 48.8 Å². The Morgan fingerprint density at radius 2 is 1.90 bits per heavy atom. The van der Waals surface area contributed by atoms with Crippen LogP contribution < -0.4 is 4.90 Å². The summed E-state index contributed by atoms with van der Waals surface area (Å²) in [6, 6.07) is 11.6.